The summed E-state index contributed by atoms with van der Waals surface area (Å²) < 4.78 is 7.18. The molecule has 4 heterocycles. The minimum Gasteiger partial charge on any atom is -0.309 e. The lowest BCUT2D eigenvalue weighted by molar-refractivity contribution is 0.953. The molecule has 0 saturated carbocycles. The molecule has 13 aromatic carbocycles. The molecule has 0 aliphatic rings. The summed E-state index contributed by atoms with van der Waals surface area (Å²) in [6.45, 7) is 0. The van der Waals surface area contributed by atoms with Crippen LogP contribution in [-0.4, -0.2) is 28.7 Å². The summed E-state index contributed by atoms with van der Waals surface area (Å²) in [5.41, 5.74) is 15.0. The highest BCUT2D eigenvalue weighted by Gasteiger charge is 2.25. The summed E-state index contributed by atoms with van der Waals surface area (Å²) in [6, 6.07) is 101. The highest BCUT2D eigenvalue weighted by atomic mass is 15.2. The summed E-state index contributed by atoms with van der Waals surface area (Å²) in [5, 5.41) is 14.5. The van der Waals surface area contributed by atoms with Gasteiger partial charge in [0, 0.05) is 54.8 Å². The average molecular weight is 1030 g/mol. The van der Waals surface area contributed by atoms with Gasteiger partial charge in [-0.2, -0.15) is 9.97 Å². The molecule has 0 aliphatic heterocycles. The van der Waals surface area contributed by atoms with Crippen LogP contribution in [0.3, 0.4) is 0 Å². The van der Waals surface area contributed by atoms with Crippen molar-refractivity contribution in [3.8, 4) is 62.4 Å². The topological polar surface area (TPSA) is 53.5 Å². The normalized spacial score (nSPS) is 12.0. The number of fused-ring (bicyclic) bond motifs is 16. The Bertz CT molecular complexity index is 5310. The maximum Gasteiger partial charge on any atom is 0.238 e. The van der Waals surface area contributed by atoms with Crippen molar-refractivity contribution >= 4 is 97.7 Å². The molecule has 17 rings (SSSR count). The molecule has 0 atom stereocenters. The third-order valence-electron chi connectivity index (χ3n) is 16.7. The van der Waals surface area contributed by atoms with Crippen molar-refractivity contribution in [3.63, 3.8) is 0 Å². The van der Waals surface area contributed by atoms with Gasteiger partial charge in [-0.25, -0.2) is 4.98 Å². The van der Waals surface area contributed by atoms with E-state index in [-0.39, 0.29) is 0 Å². The van der Waals surface area contributed by atoms with E-state index >= 15 is 0 Å². The van der Waals surface area contributed by atoms with Gasteiger partial charge in [0.15, 0.2) is 11.6 Å². The van der Waals surface area contributed by atoms with Crippen molar-refractivity contribution in [2.45, 2.75) is 0 Å². The van der Waals surface area contributed by atoms with Crippen LogP contribution < -0.4 is 0 Å². The lowest BCUT2D eigenvalue weighted by Gasteiger charge is -2.15. The molecule has 4 aromatic heterocycles. The number of hydrogen-bond donors (Lipinski definition) is 0. The van der Waals surface area contributed by atoms with Crippen LogP contribution in [0.25, 0.3) is 160 Å². The van der Waals surface area contributed by atoms with E-state index in [1.54, 1.807) is 0 Å². The molecular weight excluding hydrogens is 985 g/mol. The van der Waals surface area contributed by atoms with E-state index in [0.717, 1.165) is 88.4 Å². The smallest absolute Gasteiger partial charge is 0.238 e. The van der Waals surface area contributed by atoms with E-state index in [2.05, 4.69) is 268 Å². The first-order valence-corrected chi connectivity index (χ1v) is 27.6. The van der Waals surface area contributed by atoms with Crippen molar-refractivity contribution in [2.24, 2.45) is 0 Å². The van der Waals surface area contributed by atoms with E-state index < -0.39 is 0 Å². The molecule has 0 unspecified atom stereocenters. The van der Waals surface area contributed by atoms with Crippen LogP contribution in [0, 0.1) is 0 Å². The summed E-state index contributed by atoms with van der Waals surface area (Å²) >= 11 is 0. The molecular formula is C75H46N6. The molecule has 0 amide bonds. The Labute approximate surface area is 465 Å². The Balaban J connectivity index is 0.950. The molecule has 0 spiro atoms. The molecule has 376 valence electrons. The predicted molar refractivity (Wildman–Crippen MR) is 337 cm³/mol. The van der Waals surface area contributed by atoms with Crippen molar-refractivity contribution in [3.05, 3.63) is 279 Å². The van der Waals surface area contributed by atoms with Gasteiger partial charge < -0.3 is 9.13 Å². The Morgan fingerprint density at radius 3 is 1.22 bits per heavy atom. The minimum atomic E-state index is 0.539. The maximum atomic E-state index is 5.49. The second-order valence-electron chi connectivity index (χ2n) is 21.1. The average Bonchev–Trinajstić information content (AvgIpc) is 4.30. The van der Waals surface area contributed by atoms with Crippen LogP contribution in [-0.2, 0) is 0 Å². The first kappa shape index (κ1) is 45.1. The van der Waals surface area contributed by atoms with Crippen LogP contribution in [0.2, 0.25) is 0 Å². The molecule has 0 bridgehead atoms. The molecule has 0 fully saturated rings. The molecule has 0 aliphatic carbocycles. The molecule has 6 heteroatoms. The Morgan fingerprint density at radius 2 is 0.593 bits per heavy atom. The van der Waals surface area contributed by atoms with Crippen molar-refractivity contribution in [1.82, 2.24) is 28.7 Å². The van der Waals surface area contributed by atoms with Gasteiger partial charge in [0.05, 0.1) is 33.1 Å². The molecule has 0 saturated heterocycles. The molecule has 6 nitrogen and oxygen atoms in total. The third kappa shape index (κ3) is 6.97. The first-order chi connectivity index (χ1) is 40.2. The van der Waals surface area contributed by atoms with Crippen LogP contribution in [0.4, 0.5) is 0 Å². The summed E-state index contributed by atoms with van der Waals surface area (Å²) in [6.07, 6.45) is 0. The van der Waals surface area contributed by atoms with E-state index in [1.807, 2.05) is 24.3 Å². The van der Waals surface area contributed by atoms with Crippen molar-refractivity contribution in [1.29, 1.82) is 0 Å². The number of para-hydroxylation sites is 3. The zero-order valence-corrected chi connectivity index (χ0v) is 43.7. The fourth-order valence-electron chi connectivity index (χ4n) is 13.0. The highest BCUT2D eigenvalue weighted by Crippen LogP contribution is 2.44. The van der Waals surface area contributed by atoms with Gasteiger partial charge in [0.2, 0.25) is 5.95 Å². The van der Waals surface area contributed by atoms with Crippen molar-refractivity contribution in [2.75, 3.05) is 0 Å². The van der Waals surface area contributed by atoms with Crippen LogP contribution >= 0.6 is 0 Å². The second kappa shape index (κ2) is 17.8. The minimum absolute atomic E-state index is 0.539. The van der Waals surface area contributed by atoms with Crippen molar-refractivity contribution < 1.29 is 0 Å². The molecule has 0 radical (unpaired) electrons. The Morgan fingerprint density at radius 1 is 0.198 bits per heavy atom. The van der Waals surface area contributed by atoms with E-state index in [1.165, 1.54) is 54.1 Å². The monoisotopic (exact) mass is 1030 g/mol. The summed E-state index contributed by atoms with van der Waals surface area (Å²) in [5.74, 6) is 1.73. The number of rotatable bonds is 7. The lowest BCUT2D eigenvalue weighted by atomic mass is 9.92. The Kier molecular flexibility index (Phi) is 9.91. The van der Waals surface area contributed by atoms with Crippen LogP contribution in [0.1, 0.15) is 0 Å². The number of aromatic nitrogens is 6. The zero-order chi connectivity index (χ0) is 53.1. The quantitative estimate of drug-likeness (QED) is 0.150. The Hall–Kier alpha value is -11.0. The number of nitrogens with zero attached hydrogens (tertiary/aromatic N) is 6. The lowest BCUT2D eigenvalue weighted by Crippen LogP contribution is -2.07. The highest BCUT2D eigenvalue weighted by molar-refractivity contribution is 6.26. The van der Waals surface area contributed by atoms with Crippen LogP contribution in [0.5, 0.6) is 0 Å². The van der Waals surface area contributed by atoms with Crippen LogP contribution in [0.15, 0.2) is 279 Å². The second-order valence-corrected chi connectivity index (χ2v) is 21.1. The van der Waals surface area contributed by atoms with Gasteiger partial charge in [-0.3, -0.25) is 4.57 Å². The molecule has 81 heavy (non-hydrogen) atoms. The zero-order valence-electron chi connectivity index (χ0n) is 43.7. The summed E-state index contributed by atoms with van der Waals surface area (Å²) in [4.78, 5) is 16.2. The number of hydrogen-bond acceptors (Lipinski definition) is 3. The molecule has 0 N–H and O–H groups in total. The largest absolute Gasteiger partial charge is 0.309 e. The first-order valence-electron chi connectivity index (χ1n) is 27.6. The van der Waals surface area contributed by atoms with Gasteiger partial charge >= 0.3 is 0 Å². The van der Waals surface area contributed by atoms with E-state index in [4.69, 9.17) is 15.0 Å². The fourth-order valence-corrected chi connectivity index (χ4v) is 13.0. The SMILES string of the molecule is c1ccc(-c2ccc(-c3nc(-c4ccccc4)nc(-n4c5ccccc5c5ccc6c7cc(-n8c9ccccc9c9ccccc98)ccc7n(-c7cccc(-c8ccc9c%10ccccc%10c%10ccccc%10c9c8)c7)c6c54)n3)cc2)cc1. The van der Waals surface area contributed by atoms with Gasteiger partial charge in [0.1, 0.15) is 0 Å². The standard InChI is InChI=1S/C75H46N6/c1-3-18-47(19-4-1)48-34-36-50(37-35-48)74-76-73(49-20-5-2-6-21-49)77-75(78-74)81-69-33-16-13-30-62(69)63-41-42-64-66-46-54(79-67-31-14-11-28-60(67)61-29-12-15-32-68(61)79)39-43-70(66)80(71(64)72(63)81)53-23-17-22-51(44-53)52-38-40-59-57-26-8-7-24-55(57)56-25-9-10-27-58(56)65(59)45-52/h1-46H. The molecule has 17 aromatic rings. The summed E-state index contributed by atoms with van der Waals surface area (Å²) in [7, 11) is 0. The van der Waals surface area contributed by atoms with Gasteiger partial charge in [-0.15, -0.1) is 0 Å². The maximum absolute atomic E-state index is 5.49. The van der Waals surface area contributed by atoms with Gasteiger partial charge in [-0.05, 0) is 109 Å². The third-order valence-corrected chi connectivity index (χ3v) is 16.7. The number of benzene rings is 13. The predicted octanol–water partition coefficient (Wildman–Crippen LogP) is 19.3. The van der Waals surface area contributed by atoms with Gasteiger partial charge in [-0.1, -0.05) is 224 Å². The van der Waals surface area contributed by atoms with Gasteiger partial charge in [0.25, 0.3) is 0 Å². The van der Waals surface area contributed by atoms with E-state index in [0.29, 0.717) is 17.6 Å². The fraction of sp³-hybridized carbons (Fsp3) is 0. The van der Waals surface area contributed by atoms with E-state index in [9.17, 15) is 0 Å².